The number of hydrogen-bond acceptors (Lipinski definition) is 3. The van der Waals surface area contributed by atoms with Gasteiger partial charge in [-0.1, -0.05) is 20.8 Å². The van der Waals surface area contributed by atoms with Crippen LogP contribution in [0.15, 0.2) is 0 Å². The second-order valence-corrected chi connectivity index (χ2v) is 4.36. The Balaban J connectivity index is 3.64. The normalized spacial score (nSPS) is 12.8. The fourth-order valence-electron chi connectivity index (χ4n) is 1.39. The zero-order valence-corrected chi connectivity index (χ0v) is 11.0. The van der Waals surface area contributed by atoms with Crippen LogP contribution in [-0.4, -0.2) is 38.8 Å². The van der Waals surface area contributed by atoms with Gasteiger partial charge in [0.2, 0.25) is 5.91 Å². The van der Waals surface area contributed by atoms with E-state index < -0.39 is 0 Å². The van der Waals surface area contributed by atoms with Gasteiger partial charge in [-0.25, -0.2) is 0 Å². The van der Waals surface area contributed by atoms with E-state index in [-0.39, 0.29) is 5.91 Å². The van der Waals surface area contributed by atoms with Crippen molar-refractivity contribution in [2.45, 2.75) is 39.7 Å². The van der Waals surface area contributed by atoms with Crippen molar-refractivity contribution in [3.05, 3.63) is 0 Å². The number of nitrogens with one attached hydrogen (secondary N) is 2. The van der Waals surface area contributed by atoms with E-state index in [2.05, 4.69) is 24.5 Å². The molecule has 0 fully saturated rings. The predicted octanol–water partition coefficient (Wildman–Crippen LogP) is 1.16. The number of ether oxygens (including phenoxy) is 1. The zero-order chi connectivity index (χ0) is 12.4. The molecule has 4 nitrogen and oxygen atoms in total. The van der Waals surface area contributed by atoms with E-state index in [9.17, 15) is 4.79 Å². The summed E-state index contributed by atoms with van der Waals surface area (Å²) in [6.45, 7) is 8.51. The first kappa shape index (κ1) is 15.4. The summed E-state index contributed by atoms with van der Waals surface area (Å²) in [5.41, 5.74) is 0. The maximum absolute atomic E-state index is 11.3. The molecule has 0 saturated heterocycles. The summed E-state index contributed by atoms with van der Waals surface area (Å²) in [5.74, 6) is 0.632. The van der Waals surface area contributed by atoms with Crippen molar-refractivity contribution in [3.63, 3.8) is 0 Å². The quantitative estimate of drug-likeness (QED) is 0.625. The molecular formula is C12H26N2O2. The van der Waals surface area contributed by atoms with Crippen LogP contribution in [-0.2, 0) is 9.53 Å². The number of carbonyl (C=O) groups is 1. The van der Waals surface area contributed by atoms with Crippen LogP contribution in [0.5, 0.6) is 0 Å². The van der Waals surface area contributed by atoms with Crippen molar-refractivity contribution < 1.29 is 9.53 Å². The monoisotopic (exact) mass is 230 g/mol. The summed E-state index contributed by atoms with van der Waals surface area (Å²) in [4.78, 5) is 11.3. The molecule has 0 heterocycles. The van der Waals surface area contributed by atoms with Crippen molar-refractivity contribution in [1.29, 1.82) is 0 Å². The van der Waals surface area contributed by atoms with Crippen molar-refractivity contribution in [2.24, 2.45) is 5.92 Å². The largest absolute Gasteiger partial charge is 0.383 e. The number of amides is 1. The van der Waals surface area contributed by atoms with E-state index in [1.807, 2.05) is 6.92 Å². The number of carbonyl (C=O) groups excluding carboxylic acids is 1. The summed E-state index contributed by atoms with van der Waals surface area (Å²) < 4.78 is 5.12. The lowest BCUT2D eigenvalue weighted by Gasteiger charge is -2.21. The standard InChI is InChI=1S/C12H26N2O2/c1-5-7-14-12(15)6-8-13-11(9-16-4)10(2)3/h10-11,13H,5-9H2,1-4H3,(H,14,15). The van der Waals surface area contributed by atoms with E-state index >= 15 is 0 Å². The molecule has 0 aliphatic rings. The molecule has 16 heavy (non-hydrogen) atoms. The van der Waals surface area contributed by atoms with Gasteiger partial charge in [0, 0.05) is 32.7 Å². The summed E-state index contributed by atoms with van der Waals surface area (Å²) in [6.07, 6.45) is 1.52. The Morgan fingerprint density at radius 2 is 2.00 bits per heavy atom. The van der Waals surface area contributed by atoms with Gasteiger partial charge in [0.15, 0.2) is 0 Å². The summed E-state index contributed by atoms with van der Waals surface area (Å²) in [6, 6.07) is 0.323. The fraction of sp³-hybridized carbons (Fsp3) is 0.917. The SMILES string of the molecule is CCCNC(=O)CCNC(COC)C(C)C. The van der Waals surface area contributed by atoms with Gasteiger partial charge in [-0.15, -0.1) is 0 Å². The van der Waals surface area contributed by atoms with Crippen molar-refractivity contribution in [2.75, 3.05) is 26.8 Å². The molecule has 0 rings (SSSR count). The molecule has 0 aromatic heterocycles. The molecule has 0 aromatic rings. The lowest BCUT2D eigenvalue weighted by molar-refractivity contribution is -0.121. The van der Waals surface area contributed by atoms with Crippen LogP contribution >= 0.6 is 0 Å². The summed E-state index contributed by atoms with van der Waals surface area (Å²) >= 11 is 0. The molecule has 0 saturated carbocycles. The molecule has 0 bridgehead atoms. The van der Waals surface area contributed by atoms with Gasteiger partial charge in [-0.3, -0.25) is 4.79 Å². The maximum atomic E-state index is 11.3. The minimum atomic E-state index is 0.120. The highest BCUT2D eigenvalue weighted by Crippen LogP contribution is 2.01. The van der Waals surface area contributed by atoms with E-state index in [0.717, 1.165) is 13.0 Å². The van der Waals surface area contributed by atoms with Crippen molar-refractivity contribution >= 4 is 5.91 Å². The van der Waals surface area contributed by atoms with Gasteiger partial charge in [0.05, 0.1) is 6.61 Å². The van der Waals surface area contributed by atoms with E-state index in [1.165, 1.54) is 0 Å². The second kappa shape index (κ2) is 9.60. The Labute approximate surface area is 99.1 Å². The van der Waals surface area contributed by atoms with Crippen molar-refractivity contribution in [1.82, 2.24) is 10.6 Å². The molecule has 0 spiro atoms. The molecular weight excluding hydrogens is 204 g/mol. The molecule has 0 aliphatic carbocycles. The average molecular weight is 230 g/mol. The van der Waals surface area contributed by atoms with E-state index in [4.69, 9.17) is 4.74 Å². The molecule has 0 aliphatic heterocycles. The molecule has 0 aromatic carbocycles. The molecule has 1 atom stereocenters. The minimum Gasteiger partial charge on any atom is -0.383 e. The first-order valence-electron chi connectivity index (χ1n) is 6.10. The summed E-state index contributed by atoms with van der Waals surface area (Å²) in [5, 5.41) is 6.20. The lowest BCUT2D eigenvalue weighted by atomic mass is 10.1. The van der Waals surface area contributed by atoms with Crippen LogP contribution in [0.25, 0.3) is 0 Å². The van der Waals surface area contributed by atoms with Crippen LogP contribution in [0.2, 0.25) is 0 Å². The molecule has 2 N–H and O–H groups in total. The molecule has 1 amide bonds. The number of hydrogen-bond donors (Lipinski definition) is 2. The molecule has 0 radical (unpaired) electrons. The number of rotatable bonds is 9. The lowest BCUT2D eigenvalue weighted by Crippen LogP contribution is -2.39. The van der Waals surface area contributed by atoms with Crippen LogP contribution in [0.3, 0.4) is 0 Å². The third-order valence-corrected chi connectivity index (χ3v) is 2.48. The first-order chi connectivity index (χ1) is 7.61. The maximum Gasteiger partial charge on any atom is 0.221 e. The zero-order valence-electron chi connectivity index (χ0n) is 11.0. The van der Waals surface area contributed by atoms with Gasteiger partial charge in [0.1, 0.15) is 0 Å². The molecule has 96 valence electrons. The Morgan fingerprint density at radius 1 is 1.31 bits per heavy atom. The Hall–Kier alpha value is -0.610. The Morgan fingerprint density at radius 3 is 2.50 bits per heavy atom. The minimum absolute atomic E-state index is 0.120. The molecule has 4 heteroatoms. The highest BCUT2D eigenvalue weighted by Gasteiger charge is 2.12. The van der Waals surface area contributed by atoms with Gasteiger partial charge >= 0.3 is 0 Å². The first-order valence-corrected chi connectivity index (χ1v) is 6.10. The molecule has 1 unspecified atom stereocenters. The third kappa shape index (κ3) is 7.65. The highest BCUT2D eigenvalue weighted by molar-refractivity contribution is 5.75. The highest BCUT2D eigenvalue weighted by atomic mass is 16.5. The van der Waals surface area contributed by atoms with Gasteiger partial charge in [0.25, 0.3) is 0 Å². The van der Waals surface area contributed by atoms with Gasteiger partial charge < -0.3 is 15.4 Å². The van der Waals surface area contributed by atoms with Crippen molar-refractivity contribution in [3.8, 4) is 0 Å². The topological polar surface area (TPSA) is 50.4 Å². The fourth-order valence-corrected chi connectivity index (χ4v) is 1.39. The predicted molar refractivity (Wildman–Crippen MR) is 66.4 cm³/mol. The van der Waals surface area contributed by atoms with Crippen LogP contribution < -0.4 is 10.6 Å². The third-order valence-electron chi connectivity index (χ3n) is 2.48. The number of methoxy groups -OCH3 is 1. The summed E-state index contributed by atoms with van der Waals surface area (Å²) in [7, 11) is 1.70. The second-order valence-electron chi connectivity index (χ2n) is 4.36. The van der Waals surface area contributed by atoms with Crippen LogP contribution in [0.1, 0.15) is 33.6 Å². The van der Waals surface area contributed by atoms with E-state index in [1.54, 1.807) is 7.11 Å². The Bertz CT molecular complexity index is 184. The van der Waals surface area contributed by atoms with E-state index in [0.29, 0.717) is 31.5 Å². The average Bonchev–Trinajstić information content (AvgIpc) is 2.25. The smallest absolute Gasteiger partial charge is 0.221 e. The van der Waals surface area contributed by atoms with Gasteiger partial charge in [-0.2, -0.15) is 0 Å². The van der Waals surface area contributed by atoms with Crippen LogP contribution in [0.4, 0.5) is 0 Å². The van der Waals surface area contributed by atoms with Crippen LogP contribution in [0, 0.1) is 5.92 Å². The van der Waals surface area contributed by atoms with Gasteiger partial charge in [-0.05, 0) is 12.3 Å². The Kier molecular flexibility index (Phi) is 9.24.